The van der Waals surface area contributed by atoms with Crippen LogP contribution in [0.25, 0.3) is 0 Å². The molecule has 2 N–H and O–H groups in total. The summed E-state index contributed by atoms with van der Waals surface area (Å²) >= 11 is 7.79. The second kappa shape index (κ2) is 7.43. The van der Waals surface area contributed by atoms with E-state index in [1.807, 2.05) is 6.92 Å². The number of hydrogen-bond donors (Lipinski definition) is 2. The zero-order valence-electron chi connectivity index (χ0n) is 12.2. The summed E-state index contributed by atoms with van der Waals surface area (Å²) < 4.78 is 0.873. The fraction of sp³-hybridized carbons (Fsp3) is 0.667. The predicted octanol–water partition coefficient (Wildman–Crippen LogP) is 3.67. The summed E-state index contributed by atoms with van der Waals surface area (Å²) in [6.45, 7) is 4.83. The Bertz CT molecular complexity index is 461. The standard InChI is InChI=1S/C15H23ClN2OS/c1-3-10(2)18-15(19)7-8-17-12-5-4-6-13-11(12)9-14(16)20-13/h9-10,12,17H,3-8H2,1-2H3,(H,18,19). The van der Waals surface area contributed by atoms with Crippen LogP contribution in [0, 0.1) is 0 Å². The number of thiophene rings is 1. The molecule has 0 radical (unpaired) electrons. The summed E-state index contributed by atoms with van der Waals surface area (Å²) in [5.74, 6) is 0.131. The van der Waals surface area contributed by atoms with Gasteiger partial charge in [0.25, 0.3) is 0 Å². The Morgan fingerprint density at radius 3 is 3.15 bits per heavy atom. The van der Waals surface area contributed by atoms with E-state index in [4.69, 9.17) is 11.6 Å². The van der Waals surface area contributed by atoms with E-state index in [1.54, 1.807) is 11.3 Å². The first kappa shape index (κ1) is 15.8. The number of carbonyl (C=O) groups is 1. The van der Waals surface area contributed by atoms with Gasteiger partial charge in [-0.1, -0.05) is 18.5 Å². The van der Waals surface area contributed by atoms with E-state index in [2.05, 4.69) is 23.6 Å². The van der Waals surface area contributed by atoms with E-state index in [9.17, 15) is 4.79 Å². The molecule has 0 saturated heterocycles. The molecule has 2 unspecified atom stereocenters. The van der Waals surface area contributed by atoms with Crippen molar-refractivity contribution in [2.75, 3.05) is 6.54 Å². The SMILES string of the molecule is CCC(C)NC(=O)CCNC1CCCc2sc(Cl)cc21. The topological polar surface area (TPSA) is 41.1 Å². The van der Waals surface area contributed by atoms with Gasteiger partial charge in [-0.05, 0) is 44.2 Å². The van der Waals surface area contributed by atoms with Crippen molar-refractivity contribution >= 4 is 28.8 Å². The molecule has 5 heteroatoms. The fourth-order valence-electron chi connectivity index (χ4n) is 2.54. The Labute approximate surface area is 130 Å². The van der Waals surface area contributed by atoms with Crippen LogP contribution in [0.15, 0.2) is 6.07 Å². The highest BCUT2D eigenvalue weighted by Gasteiger charge is 2.22. The molecular weight excluding hydrogens is 292 g/mol. The van der Waals surface area contributed by atoms with Crippen LogP contribution in [-0.4, -0.2) is 18.5 Å². The molecule has 2 rings (SSSR count). The van der Waals surface area contributed by atoms with Crippen LogP contribution in [0.1, 0.15) is 56.0 Å². The van der Waals surface area contributed by atoms with Gasteiger partial charge in [-0.3, -0.25) is 4.79 Å². The summed E-state index contributed by atoms with van der Waals surface area (Å²) in [5, 5.41) is 6.49. The Kier molecular flexibility index (Phi) is 5.87. The highest BCUT2D eigenvalue weighted by atomic mass is 35.5. The number of hydrogen-bond acceptors (Lipinski definition) is 3. The minimum Gasteiger partial charge on any atom is -0.354 e. The van der Waals surface area contributed by atoms with Crippen molar-refractivity contribution in [2.45, 2.75) is 58.0 Å². The molecule has 0 aliphatic heterocycles. The lowest BCUT2D eigenvalue weighted by molar-refractivity contribution is -0.121. The van der Waals surface area contributed by atoms with Crippen molar-refractivity contribution in [3.05, 3.63) is 20.8 Å². The molecule has 1 amide bonds. The number of nitrogens with one attached hydrogen (secondary N) is 2. The van der Waals surface area contributed by atoms with Crippen molar-refractivity contribution in [1.29, 1.82) is 0 Å². The molecule has 112 valence electrons. The molecule has 1 aromatic heterocycles. The zero-order valence-corrected chi connectivity index (χ0v) is 13.7. The summed E-state index contributed by atoms with van der Waals surface area (Å²) in [5.41, 5.74) is 1.34. The smallest absolute Gasteiger partial charge is 0.221 e. The monoisotopic (exact) mass is 314 g/mol. The van der Waals surface area contributed by atoms with E-state index in [0.717, 1.165) is 30.1 Å². The highest BCUT2D eigenvalue weighted by molar-refractivity contribution is 7.16. The summed E-state index contributed by atoms with van der Waals surface area (Å²) in [4.78, 5) is 13.1. The molecule has 0 spiro atoms. The number of aryl methyl sites for hydroxylation is 1. The summed E-state index contributed by atoms with van der Waals surface area (Å²) in [6, 6.07) is 2.70. The molecule has 0 aromatic carbocycles. The van der Waals surface area contributed by atoms with Crippen LogP contribution in [0.3, 0.4) is 0 Å². The maximum absolute atomic E-state index is 11.7. The van der Waals surface area contributed by atoms with Crippen LogP contribution in [0.5, 0.6) is 0 Å². The van der Waals surface area contributed by atoms with Crippen molar-refractivity contribution in [3.63, 3.8) is 0 Å². The van der Waals surface area contributed by atoms with Gasteiger partial charge in [-0.2, -0.15) is 0 Å². The number of amides is 1. The molecular formula is C15H23ClN2OS. The van der Waals surface area contributed by atoms with Crippen LogP contribution < -0.4 is 10.6 Å². The second-order valence-electron chi connectivity index (χ2n) is 5.45. The lowest BCUT2D eigenvalue weighted by atomic mass is 9.94. The number of fused-ring (bicyclic) bond motifs is 1. The number of halogens is 1. The molecule has 1 aliphatic rings. The minimum atomic E-state index is 0.131. The van der Waals surface area contributed by atoms with Crippen LogP contribution in [-0.2, 0) is 11.2 Å². The Balaban J connectivity index is 1.79. The largest absolute Gasteiger partial charge is 0.354 e. The van der Waals surface area contributed by atoms with Gasteiger partial charge in [0.1, 0.15) is 0 Å². The van der Waals surface area contributed by atoms with Crippen LogP contribution >= 0.6 is 22.9 Å². The van der Waals surface area contributed by atoms with E-state index < -0.39 is 0 Å². The first-order valence-corrected chi connectivity index (χ1v) is 8.60. The van der Waals surface area contributed by atoms with Gasteiger partial charge in [0.05, 0.1) is 4.34 Å². The molecule has 3 nitrogen and oxygen atoms in total. The molecule has 2 atom stereocenters. The summed E-state index contributed by atoms with van der Waals surface area (Å²) in [6.07, 6.45) is 4.97. The van der Waals surface area contributed by atoms with Crippen molar-refractivity contribution in [3.8, 4) is 0 Å². The third-order valence-corrected chi connectivity index (χ3v) is 5.19. The third kappa shape index (κ3) is 4.21. The second-order valence-corrected chi connectivity index (χ2v) is 7.22. The van der Waals surface area contributed by atoms with Crippen molar-refractivity contribution < 1.29 is 4.79 Å². The molecule has 20 heavy (non-hydrogen) atoms. The highest BCUT2D eigenvalue weighted by Crippen LogP contribution is 2.37. The van der Waals surface area contributed by atoms with Gasteiger partial charge < -0.3 is 10.6 Å². The number of carbonyl (C=O) groups excluding carboxylic acids is 1. The first-order chi connectivity index (χ1) is 9.60. The average molecular weight is 315 g/mol. The molecule has 0 saturated carbocycles. The van der Waals surface area contributed by atoms with Gasteiger partial charge in [0.15, 0.2) is 0 Å². The lowest BCUT2D eigenvalue weighted by Gasteiger charge is -2.23. The molecule has 1 heterocycles. The normalized spacial score (nSPS) is 19.4. The van der Waals surface area contributed by atoms with Crippen molar-refractivity contribution in [1.82, 2.24) is 10.6 Å². The predicted molar refractivity (Wildman–Crippen MR) is 85.5 cm³/mol. The lowest BCUT2D eigenvalue weighted by Crippen LogP contribution is -2.35. The van der Waals surface area contributed by atoms with Crippen LogP contribution in [0.2, 0.25) is 4.34 Å². The van der Waals surface area contributed by atoms with Gasteiger partial charge in [-0.15, -0.1) is 11.3 Å². The van der Waals surface area contributed by atoms with E-state index in [1.165, 1.54) is 16.9 Å². The van der Waals surface area contributed by atoms with Gasteiger partial charge in [0.2, 0.25) is 5.91 Å². The Morgan fingerprint density at radius 2 is 2.40 bits per heavy atom. The van der Waals surface area contributed by atoms with Gasteiger partial charge in [0, 0.05) is 29.9 Å². The zero-order chi connectivity index (χ0) is 14.5. The average Bonchev–Trinajstić information content (AvgIpc) is 2.79. The fourth-order valence-corrected chi connectivity index (χ4v) is 3.93. The van der Waals surface area contributed by atoms with E-state index in [-0.39, 0.29) is 11.9 Å². The van der Waals surface area contributed by atoms with Gasteiger partial charge >= 0.3 is 0 Å². The van der Waals surface area contributed by atoms with Crippen LogP contribution in [0.4, 0.5) is 0 Å². The van der Waals surface area contributed by atoms with Gasteiger partial charge in [-0.25, -0.2) is 0 Å². The van der Waals surface area contributed by atoms with E-state index in [0.29, 0.717) is 12.5 Å². The third-order valence-electron chi connectivity index (χ3n) is 3.85. The maximum atomic E-state index is 11.7. The van der Waals surface area contributed by atoms with Crippen molar-refractivity contribution in [2.24, 2.45) is 0 Å². The summed E-state index contributed by atoms with van der Waals surface area (Å²) in [7, 11) is 0. The number of rotatable bonds is 6. The molecule has 0 bridgehead atoms. The molecule has 1 aromatic rings. The molecule has 1 aliphatic carbocycles. The Morgan fingerprint density at radius 1 is 1.60 bits per heavy atom. The molecule has 0 fully saturated rings. The quantitative estimate of drug-likeness (QED) is 0.841. The Hall–Kier alpha value is -0.580. The maximum Gasteiger partial charge on any atom is 0.221 e. The first-order valence-electron chi connectivity index (χ1n) is 7.41. The van der Waals surface area contributed by atoms with E-state index >= 15 is 0 Å². The minimum absolute atomic E-state index is 0.131.